The quantitative estimate of drug-likeness (QED) is 0.676. The van der Waals surface area contributed by atoms with Crippen molar-refractivity contribution < 1.29 is 26.4 Å². The van der Waals surface area contributed by atoms with Crippen LogP contribution in [0.5, 0.6) is 0 Å². The van der Waals surface area contributed by atoms with Crippen LogP contribution in [0.15, 0.2) is 0 Å². The van der Waals surface area contributed by atoms with E-state index in [1.165, 1.54) is 14.2 Å². The van der Waals surface area contributed by atoms with Crippen molar-refractivity contribution in [3.63, 3.8) is 0 Å². The molecule has 0 bridgehead atoms. The fourth-order valence-electron chi connectivity index (χ4n) is 1.18. The molecule has 0 N–H and O–H groups in total. The van der Waals surface area contributed by atoms with Crippen molar-refractivity contribution in [1.29, 1.82) is 0 Å². The van der Waals surface area contributed by atoms with Crippen molar-refractivity contribution in [2.75, 3.05) is 14.2 Å². The molecule has 0 radical (unpaired) electrons. The Morgan fingerprint density at radius 2 is 1.26 bits per heavy atom. The minimum atomic E-state index is -4.23. The van der Waals surface area contributed by atoms with Crippen LogP contribution in [0, 0.1) is 0 Å². The van der Waals surface area contributed by atoms with E-state index in [0.717, 1.165) is 0 Å². The Morgan fingerprint density at radius 3 is 1.47 bits per heavy atom. The van der Waals surface area contributed by atoms with Crippen LogP contribution in [0.3, 0.4) is 0 Å². The number of rotatable bonds is 5. The van der Waals surface area contributed by atoms with Crippen molar-refractivity contribution in [2.45, 2.75) is 67.3 Å². The van der Waals surface area contributed by atoms with Crippen molar-refractivity contribution >= 4 is 8.80 Å². The number of halogens is 3. The highest BCUT2D eigenvalue weighted by Gasteiger charge is 2.45. The normalized spacial score (nSPS) is 12.0. The molecule has 0 aromatic rings. The van der Waals surface area contributed by atoms with Gasteiger partial charge in [0.15, 0.2) is 0 Å². The largest absolute Gasteiger partial charge is 0.501 e. The predicted molar refractivity (Wildman–Crippen MR) is 76.3 cm³/mol. The maximum absolute atomic E-state index is 12.1. The molecule has 0 aromatic heterocycles. The zero-order valence-corrected chi connectivity index (χ0v) is 11.3. The molecule has 19 heavy (non-hydrogen) atoms. The summed E-state index contributed by atoms with van der Waals surface area (Å²) in [6.45, 7) is 5.25. The molecule has 0 aromatic carbocycles. The van der Waals surface area contributed by atoms with E-state index in [2.05, 4.69) is 0 Å². The Kier molecular flexibility index (Phi) is 14.0. The second kappa shape index (κ2) is 9.74. The second-order valence-corrected chi connectivity index (χ2v) is 7.31. The Bertz CT molecular complexity index is 211. The third kappa shape index (κ3) is 12.7. The number of hydrogen-bond acceptors (Lipinski definition) is 3. The Balaban J connectivity index is -0.000000375. The summed E-state index contributed by atoms with van der Waals surface area (Å²) in [4.78, 5) is 0. The maximum Gasteiger partial charge on any atom is 0.501 e. The van der Waals surface area contributed by atoms with Gasteiger partial charge in [-0.2, -0.15) is 13.2 Å². The van der Waals surface area contributed by atoms with Gasteiger partial charge in [-0.05, 0) is 20.8 Å². The minimum Gasteiger partial charge on any atom is -0.377 e. The summed E-state index contributed by atoms with van der Waals surface area (Å²) < 4.78 is 52.1. The van der Waals surface area contributed by atoms with Gasteiger partial charge in [-0.15, -0.1) is 0 Å². The van der Waals surface area contributed by atoms with Crippen molar-refractivity contribution in [1.82, 2.24) is 0 Å². The maximum atomic E-state index is 12.1. The molecule has 0 atom stereocenters. The fourth-order valence-corrected chi connectivity index (χ4v) is 3.55. The first-order chi connectivity index (χ1) is 7.04. The number of alkyl halides is 3. The molecule has 0 saturated heterocycles. The third-order valence-electron chi connectivity index (χ3n) is 1.80. The summed E-state index contributed by atoms with van der Waals surface area (Å²) in [5.74, 6) is 0. The lowest BCUT2D eigenvalue weighted by molar-refractivity contribution is -0.133. The van der Waals surface area contributed by atoms with Crippen LogP contribution >= 0.6 is 0 Å². The molecule has 0 aliphatic rings. The molecule has 0 aliphatic carbocycles. The molecule has 0 aliphatic heterocycles. The van der Waals surface area contributed by atoms with Gasteiger partial charge in [0.25, 0.3) is 0 Å². The van der Waals surface area contributed by atoms with Gasteiger partial charge in [-0.3, -0.25) is 0 Å². The van der Waals surface area contributed by atoms with Crippen LogP contribution in [0.1, 0.15) is 49.5 Å². The average molecular weight is 308 g/mol. The minimum absolute atomic E-state index is 0. The monoisotopic (exact) mass is 308 g/mol. The van der Waals surface area contributed by atoms with Crippen molar-refractivity contribution in [3.05, 3.63) is 0 Å². The summed E-state index contributed by atoms with van der Waals surface area (Å²) in [5.41, 5.74) is -0.593. The van der Waals surface area contributed by atoms with Crippen molar-refractivity contribution in [2.24, 2.45) is 0 Å². The Hall–Kier alpha value is -0.113. The van der Waals surface area contributed by atoms with Crippen LogP contribution in [0.4, 0.5) is 13.2 Å². The molecule has 0 spiro atoms. The first-order valence-corrected chi connectivity index (χ1v) is 6.84. The number of hydrogen-bond donors (Lipinski definition) is 0. The first kappa shape index (κ1) is 27.3. The summed E-state index contributed by atoms with van der Waals surface area (Å²) in [6.07, 6.45) is -5.19. The smallest absolute Gasteiger partial charge is 0.377 e. The van der Waals surface area contributed by atoms with E-state index in [1.54, 1.807) is 20.8 Å². The molecule has 122 valence electrons. The second-order valence-electron chi connectivity index (χ2n) is 4.42. The molecule has 0 unspecified atom stereocenters. The van der Waals surface area contributed by atoms with Gasteiger partial charge in [0.1, 0.15) is 0 Å². The fraction of sp³-hybridized carbons (Fsp3) is 1.00. The van der Waals surface area contributed by atoms with E-state index < -0.39 is 27.0 Å². The highest BCUT2D eigenvalue weighted by Crippen LogP contribution is 2.29. The topological polar surface area (TPSA) is 27.7 Å². The summed E-state index contributed by atoms with van der Waals surface area (Å²) >= 11 is 0. The van der Waals surface area contributed by atoms with Crippen LogP contribution in [-0.2, 0) is 13.3 Å². The zero-order chi connectivity index (χ0) is 13.0. The van der Waals surface area contributed by atoms with Gasteiger partial charge >= 0.3 is 15.0 Å². The molecule has 7 heteroatoms. The van der Waals surface area contributed by atoms with E-state index in [-0.39, 0.29) is 28.3 Å². The van der Waals surface area contributed by atoms with Gasteiger partial charge in [0, 0.05) is 26.7 Å². The highest BCUT2D eigenvalue weighted by atomic mass is 28.4. The lowest BCUT2D eigenvalue weighted by atomic mass is 10.2. The zero-order valence-electron chi connectivity index (χ0n) is 10.3. The van der Waals surface area contributed by atoms with E-state index in [0.29, 0.717) is 0 Å². The molecule has 0 rings (SSSR count). The highest BCUT2D eigenvalue weighted by molar-refractivity contribution is 6.60. The van der Waals surface area contributed by atoms with Gasteiger partial charge in [-0.25, -0.2) is 0 Å². The molecule has 3 nitrogen and oxygen atoms in total. The molecule has 0 saturated carbocycles. The van der Waals surface area contributed by atoms with Gasteiger partial charge < -0.3 is 13.3 Å². The average Bonchev–Trinajstić information content (AvgIpc) is 2.09. The van der Waals surface area contributed by atoms with Gasteiger partial charge in [-0.1, -0.05) is 22.3 Å². The molecule has 0 heterocycles. The first-order valence-electron chi connectivity index (χ1n) is 4.91. The Morgan fingerprint density at radius 1 is 0.895 bits per heavy atom. The van der Waals surface area contributed by atoms with Crippen LogP contribution in [0.25, 0.3) is 0 Å². The Labute approximate surface area is 117 Å². The van der Waals surface area contributed by atoms with E-state index >= 15 is 0 Å². The summed E-state index contributed by atoms with van der Waals surface area (Å²) in [7, 11) is -0.574. The van der Waals surface area contributed by atoms with Crippen LogP contribution < -0.4 is 0 Å². The molecular formula is C12H31F3O3Si. The SMILES string of the molecule is C.C.C.CO[Si](CCC(F)(F)F)(OC)OC(C)(C)C. The van der Waals surface area contributed by atoms with E-state index in [9.17, 15) is 13.2 Å². The summed E-state index contributed by atoms with van der Waals surface area (Å²) in [5, 5.41) is 0. The molecular weight excluding hydrogens is 277 g/mol. The van der Waals surface area contributed by atoms with Gasteiger partial charge in [0.05, 0.1) is 5.60 Å². The van der Waals surface area contributed by atoms with E-state index in [1.807, 2.05) is 0 Å². The molecule has 0 amide bonds. The third-order valence-corrected chi connectivity index (χ3v) is 4.83. The van der Waals surface area contributed by atoms with Crippen LogP contribution in [-0.4, -0.2) is 34.8 Å². The van der Waals surface area contributed by atoms with E-state index in [4.69, 9.17) is 13.3 Å². The summed E-state index contributed by atoms with van der Waals surface area (Å²) in [6, 6.07) is -0.263. The standard InChI is InChI=1S/C9H19F3O3Si.3CH4/c1-8(2,3)15-16(13-4,14-5)7-6-9(10,11)12;;;/h6-7H2,1-5H3;3*1H4. The lowest BCUT2D eigenvalue weighted by Gasteiger charge is -2.33. The lowest BCUT2D eigenvalue weighted by Crippen LogP contribution is -2.49. The van der Waals surface area contributed by atoms with Crippen molar-refractivity contribution in [3.8, 4) is 0 Å². The molecule has 0 fully saturated rings. The van der Waals surface area contributed by atoms with Crippen LogP contribution in [0.2, 0.25) is 6.04 Å². The van der Waals surface area contributed by atoms with Gasteiger partial charge in [0.2, 0.25) is 0 Å². The predicted octanol–water partition coefficient (Wildman–Crippen LogP) is 4.89.